The molecule has 0 bridgehead atoms. The molecule has 0 heterocycles. The first-order chi connectivity index (χ1) is 9.57. The van der Waals surface area contributed by atoms with Gasteiger partial charge in [-0.3, -0.25) is 0 Å². The summed E-state index contributed by atoms with van der Waals surface area (Å²) in [5.74, 6) is 1.15. The lowest BCUT2D eigenvalue weighted by atomic mass is 10.1. The van der Waals surface area contributed by atoms with E-state index in [0.29, 0.717) is 11.8 Å². The Morgan fingerprint density at radius 1 is 1.05 bits per heavy atom. The minimum absolute atomic E-state index is 0.0171. The van der Waals surface area contributed by atoms with Crippen LogP contribution >= 0.6 is 0 Å². The van der Waals surface area contributed by atoms with Crippen LogP contribution in [-0.2, 0) is 22.4 Å². The average Bonchev–Trinajstić information content (AvgIpc) is 3.29. The van der Waals surface area contributed by atoms with Gasteiger partial charge in [0.05, 0.1) is 12.4 Å². The standard InChI is InChI=1S/C15H21NO3S/c17-9-11-1-3-12(4-2-11)10-20(18,19)16-15(13-5-6-13)14-7-8-14/h1-4,13-17H,5-10H2. The normalized spacial score (nSPS) is 19.5. The van der Waals surface area contributed by atoms with Crippen LogP contribution in [0.3, 0.4) is 0 Å². The van der Waals surface area contributed by atoms with Crippen molar-refractivity contribution < 1.29 is 13.5 Å². The van der Waals surface area contributed by atoms with E-state index < -0.39 is 10.0 Å². The highest BCUT2D eigenvalue weighted by molar-refractivity contribution is 7.88. The molecule has 0 amide bonds. The third-order valence-corrected chi connectivity index (χ3v) is 5.48. The molecule has 2 fully saturated rings. The monoisotopic (exact) mass is 295 g/mol. The minimum Gasteiger partial charge on any atom is -0.392 e. The van der Waals surface area contributed by atoms with Gasteiger partial charge in [0.1, 0.15) is 0 Å². The Labute approximate surface area is 120 Å². The smallest absolute Gasteiger partial charge is 0.216 e. The van der Waals surface area contributed by atoms with Crippen molar-refractivity contribution in [3.05, 3.63) is 35.4 Å². The number of nitrogens with one attached hydrogen (secondary N) is 1. The van der Waals surface area contributed by atoms with Crippen LogP contribution in [0.25, 0.3) is 0 Å². The van der Waals surface area contributed by atoms with Gasteiger partial charge in [-0.05, 0) is 48.6 Å². The summed E-state index contributed by atoms with van der Waals surface area (Å²) in [4.78, 5) is 0. The Morgan fingerprint density at radius 3 is 2.00 bits per heavy atom. The summed E-state index contributed by atoms with van der Waals surface area (Å²) in [5.41, 5.74) is 1.56. The molecular weight excluding hydrogens is 274 g/mol. The van der Waals surface area contributed by atoms with Crippen molar-refractivity contribution in [2.24, 2.45) is 11.8 Å². The summed E-state index contributed by atoms with van der Waals surface area (Å²) >= 11 is 0. The second-order valence-corrected chi connectivity index (χ2v) is 7.81. The van der Waals surface area contributed by atoms with Crippen molar-refractivity contribution in [3.63, 3.8) is 0 Å². The molecule has 3 rings (SSSR count). The first-order valence-electron chi connectivity index (χ1n) is 7.26. The maximum Gasteiger partial charge on any atom is 0.216 e. The predicted molar refractivity (Wildman–Crippen MR) is 77.4 cm³/mol. The number of benzene rings is 1. The zero-order chi connectivity index (χ0) is 14.2. The van der Waals surface area contributed by atoms with Crippen LogP contribution < -0.4 is 4.72 Å². The Hall–Kier alpha value is -0.910. The SMILES string of the molecule is O=S(=O)(Cc1ccc(CO)cc1)NC(C1CC1)C1CC1. The van der Waals surface area contributed by atoms with Crippen molar-refractivity contribution in [1.29, 1.82) is 0 Å². The summed E-state index contributed by atoms with van der Waals surface area (Å²) < 4.78 is 27.5. The van der Waals surface area contributed by atoms with Crippen LogP contribution in [0.2, 0.25) is 0 Å². The van der Waals surface area contributed by atoms with Gasteiger partial charge < -0.3 is 5.11 Å². The average molecular weight is 295 g/mol. The fourth-order valence-electron chi connectivity index (χ4n) is 2.70. The maximum atomic E-state index is 12.3. The molecule has 110 valence electrons. The molecule has 1 aromatic carbocycles. The second-order valence-electron chi connectivity index (χ2n) is 6.05. The molecule has 0 aromatic heterocycles. The van der Waals surface area contributed by atoms with Gasteiger partial charge in [-0.1, -0.05) is 24.3 Å². The van der Waals surface area contributed by atoms with Gasteiger partial charge >= 0.3 is 0 Å². The van der Waals surface area contributed by atoms with Gasteiger partial charge in [-0.2, -0.15) is 0 Å². The van der Waals surface area contributed by atoms with E-state index in [1.54, 1.807) is 24.3 Å². The fraction of sp³-hybridized carbons (Fsp3) is 0.600. The van der Waals surface area contributed by atoms with E-state index >= 15 is 0 Å². The van der Waals surface area contributed by atoms with E-state index in [1.807, 2.05) is 0 Å². The lowest BCUT2D eigenvalue weighted by molar-refractivity contribution is 0.282. The molecule has 0 saturated heterocycles. The Balaban J connectivity index is 1.64. The molecule has 20 heavy (non-hydrogen) atoms. The molecule has 2 saturated carbocycles. The number of hydrogen-bond acceptors (Lipinski definition) is 3. The Morgan fingerprint density at radius 2 is 1.55 bits per heavy atom. The van der Waals surface area contributed by atoms with Gasteiger partial charge in [0.25, 0.3) is 0 Å². The summed E-state index contributed by atoms with van der Waals surface area (Å²) in [5, 5.41) is 8.99. The molecule has 2 aliphatic carbocycles. The Kier molecular flexibility index (Phi) is 3.84. The topological polar surface area (TPSA) is 66.4 Å². The molecule has 0 atom stereocenters. The van der Waals surface area contributed by atoms with E-state index in [9.17, 15) is 8.42 Å². The van der Waals surface area contributed by atoms with Crippen LogP contribution in [-0.4, -0.2) is 19.6 Å². The molecule has 0 unspecified atom stereocenters. The first kappa shape index (κ1) is 14.0. The minimum atomic E-state index is -3.28. The summed E-state index contributed by atoms with van der Waals surface area (Å²) in [6, 6.07) is 7.24. The van der Waals surface area contributed by atoms with E-state index in [-0.39, 0.29) is 18.4 Å². The number of aliphatic hydroxyl groups excluding tert-OH is 1. The third-order valence-electron chi connectivity index (χ3n) is 4.14. The van der Waals surface area contributed by atoms with Gasteiger partial charge in [-0.15, -0.1) is 0 Å². The second kappa shape index (κ2) is 5.47. The quantitative estimate of drug-likeness (QED) is 0.806. The summed E-state index contributed by atoms with van der Waals surface area (Å²) in [6.45, 7) is -0.0171. The highest BCUT2D eigenvalue weighted by atomic mass is 32.2. The van der Waals surface area contributed by atoms with Crippen LogP contribution in [0.5, 0.6) is 0 Å². The van der Waals surface area contributed by atoms with Crippen molar-refractivity contribution >= 4 is 10.0 Å². The molecule has 5 heteroatoms. The van der Waals surface area contributed by atoms with Crippen molar-refractivity contribution in [2.75, 3.05) is 0 Å². The van der Waals surface area contributed by atoms with Crippen molar-refractivity contribution in [3.8, 4) is 0 Å². The highest BCUT2D eigenvalue weighted by Crippen LogP contribution is 2.44. The molecule has 0 spiro atoms. The maximum absolute atomic E-state index is 12.3. The number of sulfonamides is 1. The zero-order valence-electron chi connectivity index (χ0n) is 11.5. The van der Waals surface area contributed by atoms with Crippen LogP contribution in [0, 0.1) is 11.8 Å². The predicted octanol–water partition coefficient (Wildman–Crippen LogP) is 1.79. The van der Waals surface area contributed by atoms with Crippen LogP contribution in [0.15, 0.2) is 24.3 Å². The summed E-state index contributed by atoms with van der Waals surface area (Å²) in [7, 11) is -3.28. The van der Waals surface area contributed by atoms with Gasteiger partial charge in [-0.25, -0.2) is 13.1 Å². The Bertz CT molecular complexity index is 547. The lowest BCUT2D eigenvalue weighted by Gasteiger charge is -2.17. The molecular formula is C15H21NO3S. The van der Waals surface area contributed by atoms with Gasteiger partial charge in [0.15, 0.2) is 0 Å². The number of rotatable bonds is 7. The molecule has 0 aliphatic heterocycles. The van der Waals surface area contributed by atoms with E-state index in [2.05, 4.69) is 4.72 Å². The van der Waals surface area contributed by atoms with Gasteiger partial charge in [0.2, 0.25) is 10.0 Å². The third kappa shape index (κ3) is 3.59. The molecule has 1 aromatic rings. The van der Waals surface area contributed by atoms with E-state index in [1.165, 1.54) is 0 Å². The number of aliphatic hydroxyl groups is 1. The van der Waals surface area contributed by atoms with Crippen molar-refractivity contribution in [2.45, 2.75) is 44.1 Å². The lowest BCUT2D eigenvalue weighted by Crippen LogP contribution is -2.38. The van der Waals surface area contributed by atoms with E-state index in [0.717, 1.165) is 36.8 Å². The zero-order valence-corrected chi connectivity index (χ0v) is 12.3. The van der Waals surface area contributed by atoms with E-state index in [4.69, 9.17) is 5.11 Å². The largest absolute Gasteiger partial charge is 0.392 e. The van der Waals surface area contributed by atoms with Gasteiger partial charge in [0, 0.05) is 6.04 Å². The molecule has 4 nitrogen and oxygen atoms in total. The fourth-order valence-corrected chi connectivity index (χ4v) is 4.21. The number of hydrogen-bond donors (Lipinski definition) is 2. The van der Waals surface area contributed by atoms with Crippen LogP contribution in [0.4, 0.5) is 0 Å². The highest BCUT2D eigenvalue weighted by Gasteiger charge is 2.43. The van der Waals surface area contributed by atoms with Crippen LogP contribution in [0.1, 0.15) is 36.8 Å². The molecule has 2 aliphatic rings. The molecule has 0 radical (unpaired) electrons. The first-order valence-corrected chi connectivity index (χ1v) is 8.91. The van der Waals surface area contributed by atoms with Crippen molar-refractivity contribution in [1.82, 2.24) is 4.72 Å². The molecule has 2 N–H and O–H groups in total. The summed E-state index contributed by atoms with van der Waals surface area (Å²) in [6.07, 6.45) is 4.65.